The van der Waals surface area contributed by atoms with Crippen molar-refractivity contribution >= 4 is 17.5 Å². The molecule has 2 unspecified atom stereocenters. The van der Waals surface area contributed by atoms with E-state index in [1.807, 2.05) is 0 Å². The summed E-state index contributed by atoms with van der Waals surface area (Å²) in [5.41, 5.74) is -2.93. The summed E-state index contributed by atoms with van der Waals surface area (Å²) in [4.78, 5) is 31.5. The Kier molecular flexibility index (Phi) is 6.54. The lowest BCUT2D eigenvalue weighted by Gasteiger charge is -2.18. The minimum atomic E-state index is -1.56. The van der Waals surface area contributed by atoms with Gasteiger partial charge in [-0.3, -0.25) is 20.2 Å². The average molecular weight is 432 g/mol. The third-order valence-corrected chi connectivity index (χ3v) is 3.93. The van der Waals surface area contributed by atoms with Gasteiger partial charge in [0.05, 0.1) is 22.0 Å². The Bertz CT molecular complexity index is 952. The van der Waals surface area contributed by atoms with Crippen molar-refractivity contribution in [2.45, 2.75) is 26.1 Å². The summed E-state index contributed by atoms with van der Waals surface area (Å²) in [6.45, 7) is 2.11. The van der Waals surface area contributed by atoms with Crippen LogP contribution in [0.15, 0.2) is 24.3 Å². The molecule has 0 bridgehead atoms. The van der Waals surface area contributed by atoms with Crippen molar-refractivity contribution in [3.05, 3.63) is 78.9 Å². The maximum atomic E-state index is 13.9. The molecule has 160 valence electrons. The van der Waals surface area contributed by atoms with Crippen LogP contribution in [0.25, 0.3) is 0 Å². The van der Waals surface area contributed by atoms with Crippen LogP contribution in [-0.4, -0.2) is 16.0 Å². The van der Waals surface area contributed by atoms with E-state index in [1.54, 1.807) is 0 Å². The van der Waals surface area contributed by atoms with Crippen LogP contribution in [0.1, 0.15) is 37.2 Å². The number of nitrogens with zero attached hydrogens (tertiary/aromatic N) is 2. The zero-order valence-electron chi connectivity index (χ0n) is 15.2. The number of nitro groups is 2. The van der Waals surface area contributed by atoms with E-state index in [0.29, 0.717) is 24.3 Å². The van der Waals surface area contributed by atoms with Gasteiger partial charge in [0.1, 0.15) is 12.2 Å². The van der Waals surface area contributed by atoms with Gasteiger partial charge in [0.15, 0.2) is 23.3 Å². The molecule has 0 aliphatic heterocycles. The molecule has 9 nitrogen and oxygen atoms in total. The highest BCUT2D eigenvalue weighted by molar-refractivity contribution is 5.61. The lowest BCUT2D eigenvalue weighted by atomic mass is 10.1. The van der Waals surface area contributed by atoms with Gasteiger partial charge in [-0.05, 0) is 13.8 Å². The number of rotatable bonds is 6. The molecular weight excluding hydrogens is 420 g/mol. The Labute approximate surface area is 165 Å². The first kappa shape index (κ1) is 22.5. The zero-order valence-corrected chi connectivity index (χ0v) is 15.2. The van der Waals surface area contributed by atoms with Crippen LogP contribution in [0.5, 0.6) is 0 Å². The van der Waals surface area contributed by atoms with Crippen LogP contribution in [-0.2, 0) is 9.47 Å². The molecule has 30 heavy (non-hydrogen) atoms. The summed E-state index contributed by atoms with van der Waals surface area (Å²) in [5, 5.41) is 21.5. The van der Waals surface area contributed by atoms with Crippen molar-refractivity contribution in [2.75, 3.05) is 0 Å². The van der Waals surface area contributed by atoms with E-state index < -0.39 is 74.0 Å². The smallest absolute Gasteiger partial charge is 0.426 e. The largest absolute Gasteiger partial charge is 0.509 e. The molecule has 0 amide bonds. The Morgan fingerprint density at radius 1 is 0.800 bits per heavy atom. The molecule has 0 saturated carbocycles. The van der Waals surface area contributed by atoms with E-state index in [2.05, 4.69) is 0 Å². The molecule has 0 heterocycles. The van der Waals surface area contributed by atoms with E-state index in [1.165, 1.54) is 0 Å². The molecule has 0 radical (unpaired) electrons. The van der Waals surface area contributed by atoms with Gasteiger partial charge in [-0.2, -0.15) is 0 Å². The number of halogens is 4. The van der Waals surface area contributed by atoms with Gasteiger partial charge in [0, 0.05) is 23.3 Å². The molecule has 0 spiro atoms. The summed E-state index contributed by atoms with van der Waals surface area (Å²) >= 11 is 0. The van der Waals surface area contributed by atoms with Crippen molar-refractivity contribution in [1.29, 1.82) is 0 Å². The standard InChI is InChI=1S/C17H12F4N2O7/c1-7(11-3-9(22(25)26)5-13(18)15(11)20)29-17(24)30-8(2)12-4-10(23(27)28)6-14(19)16(12)21/h3-8H,1-2H3. The first-order valence-electron chi connectivity index (χ1n) is 8.06. The Balaban J connectivity index is 2.20. The predicted octanol–water partition coefficient (Wildman–Crippen LogP) is 5.03. The average Bonchev–Trinajstić information content (AvgIpc) is 2.64. The molecule has 0 N–H and O–H groups in total. The fourth-order valence-corrected chi connectivity index (χ4v) is 2.44. The van der Waals surface area contributed by atoms with Crippen LogP contribution in [0.4, 0.5) is 33.7 Å². The maximum Gasteiger partial charge on any atom is 0.509 e. The highest BCUT2D eigenvalue weighted by atomic mass is 19.2. The minimum Gasteiger partial charge on any atom is -0.426 e. The molecule has 0 saturated heterocycles. The van der Waals surface area contributed by atoms with Gasteiger partial charge < -0.3 is 9.47 Å². The molecular formula is C17H12F4N2O7. The molecule has 0 aliphatic rings. The number of ether oxygens (including phenoxy) is 2. The summed E-state index contributed by atoms with van der Waals surface area (Å²) < 4.78 is 64.3. The quantitative estimate of drug-likeness (QED) is 0.271. The Hall–Kier alpha value is -3.77. The molecule has 0 aromatic heterocycles. The Morgan fingerprint density at radius 3 is 1.43 bits per heavy atom. The maximum absolute atomic E-state index is 13.9. The van der Waals surface area contributed by atoms with Crippen LogP contribution in [0, 0.1) is 43.5 Å². The third-order valence-electron chi connectivity index (χ3n) is 3.93. The summed E-state index contributed by atoms with van der Waals surface area (Å²) in [5.74, 6) is -6.10. The minimum absolute atomic E-state index is 0.339. The molecule has 2 rings (SSSR count). The normalized spacial score (nSPS) is 12.7. The molecule has 2 atom stereocenters. The number of hydrogen-bond acceptors (Lipinski definition) is 7. The van der Waals surface area contributed by atoms with Crippen molar-refractivity contribution < 1.29 is 41.7 Å². The summed E-state index contributed by atoms with van der Waals surface area (Å²) in [6, 6.07) is 1.97. The van der Waals surface area contributed by atoms with Gasteiger partial charge in [-0.1, -0.05) is 0 Å². The number of benzene rings is 2. The monoisotopic (exact) mass is 432 g/mol. The molecule has 2 aromatic rings. The highest BCUT2D eigenvalue weighted by Crippen LogP contribution is 2.30. The number of non-ortho nitro benzene ring substituents is 2. The summed E-state index contributed by atoms with van der Waals surface area (Å²) in [7, 11) is 0. The zero-order chi connectivity index (χ0) is 22.7. The third kappa shape index (κ3) is 4.79. The van der Waals surface area contributed by atoms with Crippen LogP contribution in [0.2, 0.25) is 0 Å². The van der Waals surface area contributed by atoms with E-state index in [9.17, 15) is 42.6 Å². The SMILES string of the molecule is CC(OC(=O)OC(C)c1cc([N+](=O)[O-])cc(F)c1F)c1cc([N+](=O)[O-])cc(F)c1F. The van der Waals surface area contributed by atoms with E-state index in [4.69, 9.17) is 9.47 Å². The number of carbonyl (C=O) groups excluding carboxylic acids is 1. The van der Waals surface area contributed by atoms with Gasteiger partial charge >= 0.3 is 6.16 Å². The van der Waals surface area contributed by atoms with Crippen molar-refractivity contribution in [3.8, 4) is 0 Å². The first-order chi connectivity index (χ1) is 13.9. The lowest BCUT2D eigenvalue weighted by Crippen LogP contribution is -2.16. The van der Waals surface area contributed by atoms with E-state index in [0.717, 1.165) is 13.8 Å². The van der Waals surface area contributed by atoms with Crippen molar-refractivity contribution in [3.63, 3.8) is 0 Å². The molecule has 13 heteroatoms. The molecule has 0 aliphatic carbocycles. The Morgan fingerprint density at radius 2 is 1.13 bits per heavy atom. The van der Waals surface area contributed by atoms with Gasteiger partial charge in [-0.15, -0.1) is 0 Å². The molecule has 2 aromatic carbocycles. The van der Waals surface area contributed by atoms with Crippen LogP contribution in [0.3, 0.4) is 0 Å². The van der Waals surface area contributed by atoms with Crippen LogP contribution < -0.4 is 0 Å². The highest BCUT2D eigenvalue weighted by Gasteiger charge is 2.27. The molecule has 0 fully saturated rings. The van der Waals surface area contributed by atoms with Crippen molar-refractivity contribution in [2.24, 2.45) is 0 Å². The lowest BCUT2D eigenvalue weighted by molar-refractivity contribution is -0.385. The van der Waals surface area contributed by atoms with E-state index in [-0.39, 0.29) is 0 Å². The van der Waals surface area contributed by atoms with Crippen molar-refractivity contribution in [1.82, 2.24) is 0 Å². The summed E-state index contributed by atoms with van der Waals surface area (Å²) in [6.07, 6.45) is -4.68. The van der Waals surface area contributed by atoms with Gasteiger partial charge in [-0.25, -0.2) is 22.4 Å². The van der Waals surface area contributed by atoms with Gasteiger partial charge in [0.25, 0.3) is 11.4 Å². The van der Waals surface area contributed by atoms with Crippen LogP contribution >= 0.6 is 0 Å². The second-order valence-electron chi connectivity index (χ2n) is 5.95. The second-order valence-corrected chi connectivity index (χ2v) is 5.95. The predicted molar refractivity (Wildman–Crippen MR) is 90.4 cm³/mol. The fourth-order valence-electron chi connectivity index (χ4n) is 2.44. The number of nitro benzene ring substituents is 2. The second kappa shape index (κ2) is 8.71. The van der Waals surface area contributed by atoms with Gasteiger partial charge in [0.2, 0.25) is 0 Å². The first-order valence-corrected chi connectivity index (χ1v) is 8.06. The fraction of sp³-hybridized carbons (Fsp3) is 0.235. The topological polar surface area (TPSA) is 122 Å². The number of carbonyl (C=O) groups is 1. The number of hydrogen-bond donors (Lipinski definition) is 0. The van der Waals surface area contributed by atoms with E-state index >= 15 is 0 Å².